The molecule has 1 fully saturated rings. The van der Waals surface area contributed by atoms with Crippen LogP contribution in [0.2, 0.25) is 0 Å². The van der Waals surface area contributed by atoms with Crippen LogP contribution < -0.4 is 10.1 Å². The third-order valence-electron chi connectivity index (χ3n) is 6.76. The summed E-state index contributed by atoms with van der Waals surface area (Å²) in [7, 11) is -1.81. The molecule has 216 valence electrons. The molecule has 0 atom stereocenters. The Bertz CT molecular complexity index is 1460. The number of amides is 1. The van der Waals surface area contributed by atoms with Crippen LogP contribution in [0.1, 0.15) is 27.9 Å². The van der Waals surface area contributed by atoms with Crippen LogP contribution in [0.4, 0.5) is 18.9 Å². The van der Waals surface area contributed by atoms with E-state index in [0.29, 0.717) is 30.9 Å². The van der Waals surface area contributed by atoms with Crippen LogP contribution in [0.25, 0.3) is 11.3 Å². The van der Waals surface area contributed by atoms with Crippen molar-refractivity contribution in [3.05, 3.63) is 65.4 Å². The molecule has 3 aromatic rings. The Morgan fingerprint density at radius 2 is 1.77 bits per heavy atom. The number of halogens is 3. The molecule has 4 rings (SSSR count). The molecule has 0 aliphatic carbocycles. The summed E-state index contributed by atoms with van der Waals surface area (Å²) in [6, 6.07) is 9.53. The van der Waals surface area contributed by atoms with Gasteiger partial charge in [-0.1, -0.05) is 0 Å². The van der Waals surface area contributed by atoms with Gasteiger partial charge in [0, 0.05) is 50.4 Å². The fourth-order valence-corrected chi connectivity index (χ4v) is 5.34. The van der Waals surface area contributed by atoms with Gasteiger partial charge >= 0.3 is 6.18 Å². The molecular weight excluding hydrogens is 547 g/mol. The van der Waals surface area contributed by atoms with E-state index in [1.54, 1.807) is 14.0 Å². The number of nitrogens with zero attached hydrogens (tertiary/aromatic N) is 2. The Labute approximate surface area is 231 Å². The van der Waals surface area contributed by atoms with E-state index in [4.69, 9.17) is 9.47 Å². The fourth-order valence-electron chi connectivity index (χ4n) is 4.71. The molecule has 0 radical (unpaired) electrons. The van der Waals surface area contributed by atoms with Gasteiger partial charge in [0.2, 0.25) is 0 Å². The normalized spacial score (nSPS) is 14.8. The summed E-state index contributed by atoms with van der Waals surface area (Å²) in [6.45, 7) is 5.68. The summed E-state index contributed by atoms with van der Waals surface area (Å²) in [5.41, 5.74) is 0.256. The lowest BCUT2D eigenvalue weighted by Crippen LogP contribution is -2.37. The SMILES string of the molecule is Cc1c(C(=O)Nc2ccc(S(C)(=O)=O)cc2)cn(C)c1-c1ccc(OCCCN2CCOCC2)cc1C(F)(F)F. The zero-order valence-electron chi connectivity index (χ0n) is 22.5. The molecule has 1 aliphatic rings. The highest BCUT2D eigenvalue weighted by Crippen LogP contribution is 2.41. The molecule has 1 aliphatic heterocycles. The number of anilines is 1. The van der Waals surface area contributed by atoms with Crippen LogP contribution in [-0.4, -0.2) is 69.5 Å². The van der Waals surface area contributed by atoms with Gasteiger partial charge in [-0.05, 0) is 61.4 Å². The molecular formula is C28H32F3N3O5S. The molecule has 8 nitrogen and oxygen atoms in total. The summed E-state index contributed by atoms with van der Waals surface area (Å²) in [4.78, 5) is 15.3. The topological polar surface area (TPSA) is 89.9 Å². The number of morpholine rings is 1. The number of aryl methyl sites for hydroxylation is 1. The quantitative estimate of drug-likeness (QED) is 0.367. The smallest absolute Gasteiger partial charge is 0.417 e. The average molecular weight is 580 g/mol. The van der Waals surface area contributed by atoms with Crippen molar-refractivity contribution >= 4 is 21.4 Å². The van der Waals surface area contributed by atoms with Gasteiger partial charge in [-0.3, -0.25) is 9.69 Å². The predicted molar refractivity (Wildman–Crippen MR) is 145 cm³/mol. The second kappa shape index (κ2) is 12.0. The number of carbonyl (C=O) groups is 1. The lowest BCUT2D eigenvalue weighted by Gasteiger charge is -2.26. The molecule has 2 heterocycles. The van der Waals surface area contributed by atoms with E-state index in [-0.39, 0.29) is 34.1 Å². The number of ether oxygens (including phenoxy) is 2. The van der Waals surface area contributed by atoms with Gasteiger partial charge in [0.25, 0.3) is 5.91 Å². The first-order chi connectivity index (χ1) is 18.8. The van der Waals surface area contributed by atoms with E-state index in [1.807, 2.05) is 0 Å². The first kappa shape index (κ1) is 29.6. The van der Waals surface area contributed by atoms with E-state index >= 15 is 0 Å². The summed E-state index contributed by atoms with van der Waals surface area (Å²) in [6.07, 6.45) is -1.42. The third kappa shape index (κ3) is 7.04. The molecule has 0 bridgehead atoms. The zero-order valence-corrected chi connectivity index (χ0v) is 23.4. The summed E-state index contributed by atoms with van der Waals surface area (Å²) >= 11 is 0. The van der Waals surface area contributed by atoms with E-state index in [1.165, 1.54) is 47.2 Å². The molecule has 2 aromatic carbocycles. The maximum Gasteiger partial charge on any atom is 0.417 e. The molecule has 1 N–H and O–H groups in total. The summed E-state index contributed by atoms with van der Waals surface area (Å²) in [5, 5.41) is 2.68. The number of carbonyl (C=O) groups excluding carboxylic acids is 1. The maximum atomic E-state index is 14.2. The summed E-state index contributed by atoms with van der Waals surface area (Å²) < 4.78 is 78.3. The van der Waals surface area contributed by atoms with Crippen molar-refractivity contribution in [2.75, 3.05) is 51.0 Å². The number of hydrogen-bond acceptors (Lipinski definition) is 6. The summed E-state index contributed by atoms with van der Waals surface area (Å²) in [5.74, 6) is -0.402. The number of sulfone groups is 1. The molecule has 1 aromatic heterocycles. The fraction of sp³-hybridized carbons (Fsp3) is 0.393. The van der Waals surface area contributed by atoms with Gasteiger partial charge < -0.3 is 19.4 Å². The number of rotatable bonds is 9. The van der Waals surface area contributed by atoms with Crippen LogP contribution in [-0.2, 0) is 27.8 Å². The lowest BCUT2D eigenvalue weighted by atomic mass is 9.99. The number of nitrogens with one attached hydrogen (secondary N) is 1. The number of alkyl halides is 3. The van der Waals surface area contributed by atoms with E-state index < -0.39 is 27.5 Å². The van der Waals surface area contributed by atoms with Gasteiger partial charge in [-0.2, -0.15) is 13.2 Å². The van der Waals surface area contributed by atoms with E-state index in [9.17, 15) is 26.4 Å². The number of aromatic nitrogens is 1. The van der Waals surface area contributed by atoms with Gasteiger partial charge in [-0.15, -0.1) is 0 Å². The van der Waals surface area contributed by atoms with Gasteiger partial charge in [0.05, 0.1) is 41.5 Å². The Hall–Kier alpha value is -3.35. The molecule has 40 heavy (non-hydrogen) atoms. The van der Waals surface area contributed by atoms with Crippen molar-refractivity contribution in [3.8, 4) is 17.0 Å². The van der Waals surface area contributed by atoms with Crippen LogP contribution in [0.15, 0.2) is 53.6 Å². The van der Waals surface area contributed by atoms with Crippen molar-refractivity contribution in [3.63, 3.8) is 0 Å². The Morgan fingerprint density at radius 3 is 2.40 bits per heavy atom. The minimum absolute atomic E-state index is 0.0651. The minimum Gasteiger partial charge on any atom is -0.494 e. The molecule has 1 saturated heterocycles. The van der Waals surface area contributed by atoms with Crippen molar-refractivity contribution in [1.82, 2.24) is 9.47 Å². The van der Waals surface area contributed by atoms with Crippen molar-refractivity contribution in [2.24, 2.45) is 7.05 Å². The number of benzene rings is 2. The van der Waals surface area contributed by atoms with Crippen molar-refractivity contribution in [2.45, 2.75) is 24.4 Å². The highest BCUT2D eigenvalue weighted by Gasteiger charge is 2.36. The van der Waals surface area contributed by atoms with Gasteiger partial charge in [0.15, 0.2) is 9.84 Å². The predicted octanol–water partition coefficient (Wildman–Crippen LogP) is 4.78. The third-order valence-corrected chi connectivity index (χ3v) is 7.89. The van der Waals surface area contributed by atoms with E-state index in [2.05, 4.69) is 10.2 Å². The second-order valence-electron chi connectivity index (χ2n) is 9.74. The Balaban J connectivity index is 1.52. The first-order valence-electron chi connectivity index (χ1n) is 12.8. The van der Waals surface area contributed by atoms with Gasteiger partial charge in [0.1, 0.15) is 5.75 Å². The van der Waals surface area contributed by atoms with Crippen LogP contribution in [0.3, 0.4) is 0 Å². The molecule has 12 heteroatoms. The number of hydrogen-bond donors (Lipinski definition) is 1. The minimum atomic E-state index is -4.65. The monoisotopic (exact) mass is 579 g/mol. The maximum absolute atomic E-state index is 14.2. The molecule has 1 amide bonds. The molecule has 0 spiro atoms. The van der Waals surface area contributed by atoms with Crippen LogP contribution >= 0.6 is 0 Å². The highest BCUT2D eigenvalue weighted by atomic mass is 32.2. The second-order valence-corrected chi connectivity index (χ2v) is 11.8. The van der Waals surface area contributed by atoms with Crippen LogP contribution in [0.5, 0.6) is 5.75 Å². The Morgan fingerprint density at radius 1 is 1.10 bits per heavy atom. The molecule has 0 unspecified atom stereocenters. The standard InChI is InChI=1S/C28H32F3N3O5S/c1-19-24(27(35)32-20-5-8-22(9-6-20)40(3,36)37)18-33(2)26(19)23-10-7-21(17-25(23)28(29,30)31)39-14-4-11-34-12-15-38-16-13-34/h5-10,17-18H,4,11-16H2,1-3H3,(H,32,35). The lowest BCUT2D eigenvalue weighted by molar-refractivity contribution is -0.137. The average Bonchev–Trinajstić information content (AvgIpc) is 3.20. The van der Waals surface area contributed by atoms with E-state index in [0.717, 1.165) is 32.0 Å². The van der Waals surface area contributed by atoms with Crippen molar-refractivity contribution in [1.29, 1.82) is 0 Å². The van der Waals surface area contributed by atoms with Crippen molar-refractivity contribution < 1.29 is 35.9 Å². The first-order valence-corrected chi connectivity index (χ1v) is 14.7. The Kier molecular flexibility index (Phi) is 8.91. The van der Waals surface area contributed by atoms with Gasteiger partial charge in [-0.25, -0.2) is 8.42 Å². The van der Waals surface area contributed by atoms with Crippen LogP contribution in [0, 0.1) is 6.92 Å². The molecule has 0 saturated carbocycles. The largest absolute Gasteiger partial charge is 0.494 e. The zero-order chi connectivity index (χ0) is 29.1. The highest BCUT2D eigenvalue weighted by molar-refractivity contribution is 7.90.